The number of halogens is 6. The van der Waals surface area contributed by atoms with Gasteiger partial charge < -0.3 is 10.4 Å². The third-order valence-electron chi connectivity index (χ3n) is 2.31. The minimum Gasteiger partial charge on any atom is -0.385 e. The summed E-state index contributed by atoms with van der Waals surface area (Å²) in [6.07, 6.45) is -12.4. The van der Waals surface area contributed by atoms with Gasteiger partial charge in [0.05, 0.1) is 5.56 Å². The lowest BCUT2D eigenvalue weighted by Gasteiger charge is -2.15. The molecule has 2 N–H and O–H groups in total. The summed E-state index contributed by atoms with van der Waals surface area (Å²) < 4.78 is 73.0. The van der Waals surface area contributed by atoms with E-state index in [4.69, 9.17) is 5.11 Å². The van der Waals surface area contributed by atoms with Crippen molar-refractivity contribution in [3.63, 3.8) is 0 Å². The largest absolute Gasteiger partial charge is 0.416 e. The minimum absolute atomic E-state index is 0.0456. The molecular weight excluding hydrogens is 276 g/mol. The van der Waals surface area contributed by atoms with Crippen molar-refractivity contribution in [2.75, 3.05) is 11.9 Å². The van der Waals surface area contributed by atoms with Crippen LogP contribution in [-0.4, -0.2) is 23.9 Å². The van der Waals surface area contributed by atoms with Crippen LogP contribution < -0.4 is 5.32 Å². The number of anilines is 1. The fourth-order valence-corrected chi connectivity index (χ4v) is 1.32. The highest BCUT2D eigenvalue weighted by Crippen LogP contribution is 2.30. The standard InChI is InChI=1S/C11H11F6NO/c12-10(13,14)7-2-1-3-8(6-7)18-5-4-9(19)11(15,16)17/h1-3,6,9,18-19H,4-5H2/t9-/m1/s1. The lowest BCUT2D eigenvalue weighted by molar-refractivity contribution is -0.204. The molecule has 1 aromatic rings. The molecular formula is C11H11F6NO. The van der Waals surface area contributed by atoms with Crippen molar-refractivity contribution in [1.29, 1.82) is 0 Å². The van der Waals surface area contributed by atoms with E-state index in [9.17, 15) is 26.3 Å². The Morgan fingerprint density at radius 3 is 2.26 bits per heavy atom. The molecule has 1 rings (SSSR count). The molecule has 0 aromatic heterocycles. The van der Waals surface area contributed by atoms with Gasteiger partial charge in [-0.2, -0.15) is 26.3 Å². The van der Waals surface area contributed by atoms with Gasteiger partial charge in [-0.1, -0.05) is 6.07 Å². The summed E-state index contributed by atoms with van der Waals surface area (Å²) in [5.41, 5.74) is -0.849. The molecule has 0 heterocycles. The second-order valence-electron chi connectivity index (χ2n) is 3.85. The van der Waals surface area contributed by atoms with Crippen molar-refractivity contribution in [2.24, 2.45) is 0 Å². The molecule has 0 radical (unpaired) electrons. The summed E-state index contributed by atoms with van der Waals surface area (Å²) in [6, 6.07) is 4.09. The fraction of sp³-hybridized carbons (Fsp3) is 0.455. The maximum atomic E-state index is 12.4. The molecule has 0 amide bonds. The van der Waals surface area contributed by atoms with E-state index < -0.39 is 30.4 Å². The Morgan fingerprint density at radius 1 is 1.11 bits per heavy atom. The van der Waals surface area contributed by atoms with E-state index in [2.05, 4.69) is 5.32 Å². The SMILES string of the molecule is O[C@H](CCNc1cccc(C(F)(F)F)c1)C(F)(F)F. The monoisotopic (exact) mass is 287 g/mol. The number of aliphatic hydroxyl groups excluding tert-OH is 1. The lowest BCUT2D eigenvalue weighted by Crippen LogP contribution is -2.30. The number of hydrogen-bond acceptors (Lipinski definition) is 2. The van der Waals surface area contributed by atoms with Crippen LogP contribution in [0.5, 0.6) is 0 Å². The molecule has 0 saturated heterocycles. The highest BCUT2D eigenvalue weighted by molar-refractivity contribution is 5.46. The molecule has 19 heavy (non-hydrogen) atoms. The molecule has 0 unspecified atom stereocenters. The van der Waals surface area contributed by atoms with Gasteiger partial charge in [0.1, 0.15) is 0 Å². The third-order valence-corrected chi connectivity index (χ3v) is 2.31. The van der Waals surface area contributed by atoms with E-state index in [-0.39, 0.29) is 12.2 Å². The van der Waals surface area contributed by atoms with Crippen LogP contribution >= 0.6 is 0 Å². The molecule has 0 spiro atoms. The zero-order valence-corrected chi connectivity index (χ0v) is 9.52. The second-order valence-corrected chi connectivity index (χ2v) is 3.85. The summed E-state index contributed by atoms with van der Waals surface area (Å²) >= 11 is 0. The number of benzene rings is 1. The maximum absolute atomic E-state index is 12.4. The number of aliphatic hydroxyl groups is 1. The Morgan fingerprint density at radius 2 is 1.74 bits per heavy atom. The van der Waals surface area contributed by atoms with Gasteiger partial charge in [0.15, 0.2) is 6.10 Å². The van der Waals surface area contributed by atoms with Crippen molar-refractivity contribution < 1.29 is 31.4 Å². The van der Waals surface area contributed by atoms with Crippen molar-refractivity contribution in [3.8, 4) is 0 Å². The smallest absolute Gasteiger partial charge is 0.385 e. The van der Waals surface area contributed by atoms with Crippen molar-refractivity contribution >= 4 is 5.69 Å². The molecule has 0 bridgehead atoms. The number of rotatable bonds is 4. The molecule has 0 aliphatic heterocycles. The van der Waals surface area contributed by atoms with Crippen LogP contribution in [0.2, 0.25) is 0 Å². The van der Waals surface area contributed by atoms with Crippen molar-refractivity contribution in [2.45, 2.75) is 24.9 Å². The Bertz CT molecular complexity index is 414. The van der Waals surface area contributed by atoms with Gasteiger partial charge in [0, 0.05) is 12.2 Å². The average Bonchev–Trinajstić information content (AvgIpc) is 2.27. The normalized spacial score (nSPS) is 14.3. The number of alkyl halides is 6. The first-order valence-corrected chi connectivity index (χ1v) is 5.26. The minimum atomic E-state index is -4.73. The van der Waals surface area contributed by atoms with Crippen molar-refractivity contribution in [1.82, 2.24) is 0 Å². The van der Waals surface area contributed by atoms with Gasteiger partial charge in [-0.25, -0.2) is 0 Å². The molecule has 1 aromatic carbocycles. The van der Waals surface area contributed by atoms with Crippen LogP contribution in [-0.2, 0) is 6.18 Å². The Hall–Kier alpha value is -1.44. The molecule has 0 aliphatic rings. The predicted molar refractivity (Wildman–Crippen MR) is 56.6 cm³/mol. The quantitative estimate of drug-likeness (QED) is 0.832. The predicted octanol–water partition coefficient (Wildman–Crippen LogP) is 3.43. The Balaban J connectivity index is 2.55. The van der Waals surface area contributed by atoms with E-state index in [0.717, 1.165) is 18.2 Å². The van der Waals surface area contributed by atoms with Crippen LogP contribution in [0.1, 0.15) is 12.0 Å². The van der Waals surface area contributed by atoms with E-state index in [1.807, 2.05) is 0 Å². The summed E-state index contributed by atoms with van der Waals surface area (Å²) in [5.74, 6) is 0. The average molecular weight is 287 g/mol. The molecule has 2 nitrogen and oxygen atoms in total. The second kappa shape index (κ2) is 5.68. The molecule has 1 atom stereocenters. The summed E-state index contributed by atoms with van der Waals surface area (Å²) in [7, 11) is 0. The van der Waals surface area contributed by atoms with Gasteiger partial charge in [-0.05, 0) is 24.6 Å². The lowest BCUT2D eigenvalue weighted by atomic mass is 10.2. The first-order valence-electron chi connectivity index (χ1n) is 5.26. The molecule has 8 heteroatoms. The van der Waals surface area contributed by atoms with E-state index in [0.29, 0.717) is 0 Å². The summed E-state index contributed by atoms with van der Waals surface area (Å²) in [4.78, 5) is 0. The van der Waals surface area contributed by atoms with Gasteiger partial charge in [0.2, 0.25) is 0 Å². The topological polar surface area (TPSA) is 32.3 Å². The van der Waals surface area contributed by atoms with Crippen LogP contribution in [0.3, 0.4) is 0 Å². The number of nitrogens with one attached hydrogen (secondary N) is 1. The summed E-state index contributed by atoms with van der Waals surface area (Å²) in [5, 5.41) is 11.1. The number of hydrogen-bond donors (Lipinski definition) is 2. The molecule has 0 fully saturated rings. The van der Waals surface area contributed by atoms with Gasteiger partial charge >= 0.3 is 12.4 Å². The van der Waals surface area contributed by atoms with Crippen LogP contribution in [0.15, 0.2) is 24.3 Å². The Kier molecular flexibility index (Phi) is 4.67. The zero-order valence-electron chi connectivity index (χ0n) is 9.52. The van der Waals surface area contributed by atoms with Crippen LogP contribution in [0.4, 0.5) is 32.0 Å². The molecule has 0 aliphatic carbocycles. The summed E-state index contributed by atoms with van der Waals surface area (Å²) in [6.45, 7) is -0.290. The van der Waals surface area contributed by atoms with E-state index in [1.165, 1.54) is 6.07 Å². The van der Waals surface area contributed by atoms with Crippen molar-refractivity contribution in [3.05, 3.63) is 29.8 Å². The highest BCUT2D eigenvalue weighted by atomic mass is 19.4. The van der Waals surface area contributed by atoms with Crippen LogP contribution in [0.25, 0.3) is 0 Å². The first kappa shape index (κ1) is 15.6. The van der Waals surface area contributed by atoms with Gasteiger partial charge in [-0.3, -0.25) is 0 Å². The van der Waals surface area contributed by atoms with Crippen LogP contribution in [0, 0.1) is 0 Å². The van der Waals surface area contributed by atoms with E-state index >= 15 is 0 Å². The first-order chi connectivity index (χ1) is 8.60. The molecule has 0 saturated carbocycles. The third kappa shape index (κ3) is 4.98. The maximum Gasteiger partial charge on any atom is 0.416 e. The van der Waals surface area contributed by atoms with E-state index in [1.54, 1.807) is 0 Å². The fourth-order valence-electron chi connectivity index (χ4n) is 1.32. The zero-order chi connectivity index (χ0) is 14.7. The van der Waals surface area contributed by atoms with Gasteiger partial charge in [0.25, 0.3) is 0 Å². The Labute approximate surface area is 105 Å². The van der Waals surface area contributed by atoms with Gasteiger partial charge in [-0.15, -0.1) is 0 Å². The molecule has 108 valence electrons. The highest BCUT2D eigenvalue weighted by Gasteiger charge is 2.37.